The van der Waals surface area contributed by atoms with E-state index in [1.54, 1.807) is 18.2 Å². The second-order valence-corrected chi connectivity index (χ2v) is 8.85. The smallest absolute Gasteiger partial charge is 0.282 e. The Labute approximate surface area is 200 Å². The molecule has 3 aromatic carbocycles. The van der Waals surface area contributed by atoms with Gasteiger partial charge in [0.15, 0.2) is 0 Å². The minimum Gasteiger partial charge on any atom is -0.362 e. The average molecular weight is 459 g/mol. The number of carbonyl (C=O) groups is 2. The molecular weight excluding hydrogens is 432 g/mol. The summed E-state index contributed by atoms with van der Waals surface area (Å²) in [5.41, 5.74) is 6.16. The Balaban J connectivity index is 1.89. The van der Waals surface area contributed by atoms with Gasteiger partial charge in [-0.25, -0.2) is 4.90 Å². The monoisotopic (exact) mass is 458 g/mol. The third-order valence-corrected chi connectivity index (χ3v) is 6.26. The molecule has 1 aliphatic heterocycles. The maximum Gasteiger partial charge on any atom is 0.282 e. The molecular formula is C28H27ClN2O2. The Hall–Kier alpha value is -3.37. The van der Waals surface area contributed by atoms with E-state index in [2.05, 4.69) is 0 Å². The molecule has 0 unspecified atom stereocenters. The largest absolute Gasteiger partial charge is 0.362 e. The standard InChI is InChI=1S/C28H27ClN2O2/c1-5-30(17-21-9-7-6-8-10-21)26-25(23-13-11-18(2)15-19(23)3)27(32)31(28(26)33)24-14-12-22(29)16-20(24)4/h6-16H,5,17H2,1-4H3. The molecule has 168 valence electrons. The molecule has 5 heteroatoms. The van der Waals surface area contributed by atoms with Crippen LogP contribution < -0.4 is 4.90 Å². The third-order valence-electron chi connectivity index (χ3n) is 6.02. The zero-order valence-electron chi connectivity index (χ0n) is 19.4. The zero-order chi connectivity index (χ0) is 23.7. The van der Waals surface area contributed by atoms with Crippen molar-refractivity contribution in [2.45, 2.75) is 34.2 Å². The zero-order valence-corrected chi connectivity index (χ0v) is 20.1. The van der Waals surface area contributed by atoms with Crippen LogP contribution in [0.3, 0.4) is 0 Å². The SMILES string of the molecule is CCN(Cc1ccccc1)C1=C(c2ccc(C)cc2C)C(=O)N(c2ccc(Cl)cc2C)C1=O. The molecule has 0 aliphatic carbocycles. The molecule has 1 heterocycles. The molecule has 0 aromatic heterocycles. The second-order valence-electron chi connectivity index (χ2n) is 8.42. The first-order valence-electron chi connectivity index (χ1n) is 11.1. The van der Waals surface area contributed by atoms with Crippen molar-refractivity contribution in [3.8, 4) is 0 Å². The molecule has 0 saturated carbocycles. The van der Waals surface area contributed by atoms with Crippen molar-refractivity contribution in [1.29, 1.82) is 0 Å². The van der Waals surface area contributed by atoms with Crippen molar-refractivity contribution in [3.05, 3.63) is 105 Å². The molecule has 0 saturated heterocycles. The molecule has 2 amide bonds. The van der Waals surface area contributed by atoms with Gasteiger partial charge in [-0.05, 0) is 68.1 Å². The number of halogens is 1. The number of amides is 2. The lowest BCUT2D eigenvalue weighted by Gasteiger charge is -2.25. The van der Waals surface area contributed by atoms with E-state index in [1.807, 2.05) is 81.1 Å². The molecule has 0 spiro atoms. The summed E-state index contributed by atoms with van der Waals surface area (Å²) in [7, 11) is 0. The Bertz CT molecular complexity index is 1260. The van der Waals surface area contributed by atoms with Gasteiger partial charge in [0.05, 0.1) is 11.3 Å². The van der Waals surface area contributed by atoms with Gasteiger partial charge in [-0.1, -0.05) is 65.7 Å². The fraction of sp³-hybridized carbons (Fsp3) is 0.214. The first-order valence-corrected chi connectivity index (χ1v) is 11.4. The Morgan fingerprint density at radius 2 is 1.58 bits per heavy atom. The fourth-order valence-corrected chi connectivity index (χ4v) is 4.62. The molecule has 0 radical (unpaired) electrons. The van der Waals surface area contributed by atoms with Crippen LogP contribution in [0.1, 0.15) is 34.7 Å². The van der Waals surface area contributed by atoms with Gasteiger partial charge in [0, 0.05) is 18.1 Å². The molecule has 0 atom stereocenters. The maximum absolute atomic E-state index is 13.9. The van der Waals surface area contributed by atoms with Gasteiger partial charge in [-0.3, -0.25) is 9.59 Å². The molecule has 0 fully saturated rings. The predicted octanol–water partition coefficient (Wildman–Crippen LogP) is 6.07. The van der Waals surface area contributed by atoms with Crippen molar-refractivity contribution >= 4 is 34.7 Å². The van der Waals surface area contributed by atoms with Crippen LogP contribution in [0.5, 0.6) is 0 Å². The van der Waals surface area contributed by atoms with E-state index in [0.717, 1.165) is 27.8 Å². The number of rotatable bonds is 6. The fourth-order valence-electron chi connectivity index (χ4n) is 4.39. The minimum absolute atomic E-state index is 0.307. The summed E-state index contributed by atoms with van der Waals surface area (Å²) in [5.74, 6) is -0.614. The van der Waals surface area contributed by atoms with Crippen LogP contribution in [0, 0.1) is 20.8 Å². The Morgan fingerprint density at radius 3 is 2.21 bits per heavy atom. The van der Waals surface area contributed by atoms with E-state index in [9.17, 15) is 9.59 Å². The summed E-state index contributed by atoms with van der Waals surface area (Å²) >= 11 is 6.14. The number of nitrogens with zero attached hydrogens (tertiary/aromatic N) is 2. The number of imide groups is 1. The Kier molecular flexibility index (Phi) is 6.39. The van der Waals surface area contributed by atoms with Crippen molar-refractivity contribution in [1.82, 2.24) is 4.90 Å². The molecule has 4 nitrogen and oxygen atoms in total. The first kappa shape index (κ1) is 22.8. The van der Waals surface area contributed by atoms with Crippen LogP contribution in [0.25, 0.3) is 5.57 Å². The predicted molar refractivity (Wildman–Crippen MR) is 134 cm³/mol. The molecule has 1 aliphatic rings. The number of hydrogen-bond donors (Lipinski definition) is 0. The highest BCUT2D eigenvalue weighted by Gasteiger charge is 2.43. The summed E-state index contributed by atoms with van der Waals surface area (Å²) < 4.78 is 0. The second kappa shape index (κ2) is 9.24. The van der Waals surface area contributed by atoms with Crippen LogP contribution in [0.4, 0.5) is 5.69 Å². The van der Waals surface area contributed by atoms with Crippen LogP contribution in [-0.2, 0) is 16.1 Å². The van der Waals surface area contributed by atoms with Crippen molar-refractivity contribution < 1.29 is 9.59 Å². The minimum atomic E-state index is -0.307. The lowest BCUT2D eigenvalue weighted by atomic mass is 9.97. The third kappa shape index (κ3) is 4.31. The van der Waals surface area contributed by atoms with Gasteiger partial charge in [0.1, 0.15) is 5.70 Å². The normalized spacial score (nSPS) is 13.8. The van der Waals surface area contributed by atoms with Gasteiger partial charge in [-0.15, -0.1) is 0 Å². The van der Waals surface area contributed by atoms with E-state index in [1.165, 1.54) is 4.90 Å². The number of aryl methyl sites for hydroxylation is 3. The highest BCUT2D eigenvalue weighted by molar-refractivity contribution is 6.45. The first-order chi connectivity index (χ1) is 15.8. The van der Waals surface area contributed by atoms with Crippen LogP contribution >= 0.6 is 11.6 Å². The number of anilines is 1. The lowest BCUT2D eigenvalue weighted by Crippen LogP contribution is -2.35. The van der Waals surface area contributed by atoms with E-state index in [4.69, 9.17) is 11.6 Å². The van der Waals surface area contributed by atoms with Crippen molar-refractivity contribution in [2.75, 3.05) is 11.4 Å². The van der Waals surface area contributed by atoms with Gasteiger partial charge < -0.3 is 4.90 Å². The number of likely N-dealkylation sites (N-methyl/N-ethyl adjacent to an activating group) is 1. The molecule has 0 bridgehead atoms. The molecule has 0 N–H and O–H groups in total. The number of benzene rings is 3. The lowest BCUT2D eigenvalue weighted by molar-refractivity contribution is -0.120. The molecule has 4 rings (SSSR count). The number of hydrogen-bond acceptors (Lipinski definition) is 3. The average Bonchev–Trinajstić information content (AvgIpc) is 3.03. The van der Waals surface area contributed by atoms with Crippen LogP contribution in [-0.4, -0.2) is 23.3 Å². The highest BCUT2D eigenvalue weighted by atomic mass is 35.5. The molecule has 3 aromatic rings. The topological polar surface area (TPSA) is 40.6 Å². The summed E-state index contributed by atoms with van der Waals surface area (Å²) in [5, 5.41) is 0.567. The van der Waals surface area contributed by atoms with Crippen molar-refractivity contribution in [2.24, 2.45) is 0 Å². The van der Waals surface area contributed by atoms with Crippen LogP contribution in [0.2, 0.25) is 5.02 Å². The van der Waals surface area contributed by atoms with Crippen molar-refractivity contribution in [3.63, 3.8) is 0 Å². The van der Waals surface area contributed by atoms with Crippen LogP contribution in [0.15, 0.2) is 72.4 Å². The molecule has 33 heavy (non-hydrogen) atoms. The van der Waals surface area contributed by atoms with Gasteiger partial charge >= 0.3 is 0 Å². The summed E-state index contributed by atoms with van der Waals surface area (Å²) in [6, 6.07) is 21.2. The van der Waals surface area contributed by atoms with E-state index >= 15 is 0 Å². The van der Waals surface area contributed by atoms with E-state index in [-0.39, 0.29) is 11.8 Å². The summed E-state index contributed by atoms with van der Waals surface area (Å²) in [4.78, 5) is 31.0. The van der Waals surface area contributed by atoms with E-state index < -0.39 is 0 Å². The summed E-state index contributed by atoms with van der Waals surface area (Å²) in [6.45, 7) is 8.99. The van der Waals surface area contributed by atoms with Gasteiger partial charge in [-0.2, -0.15) is 0 Å². The van der Waals surface area contributed by atoms with Gasteiger partial charge in [0.2, 0.25) is 0 Å². The Morgan fingerprint density at radius 1 is 0.848 bits per heavy atom. The number of carbonyl (C=O) groups excluding carboxylic acids is 2. The summed E-state index contributed by atoms with van der Waals surface area (Å²) in [6.07, 6.45) is 0. The quantitative estimate of drug-likeness (QED) is 0.421. The highest BCUT2D eigenvalue weighted by Crippen LogP contribution is 2.38. The maximum atomic E-state index is 13.9. The van der Waals surface area contributed by atoms with E-state index in [0.29, 0.717) is 35.1 Å². The van der Waals surface area contributed by atoms with Gasteiger partial charge in [0.25, 0.3) is 11.8 Å².